The van der Waals surface area contributed by atoms with Crippen LogP contribution in [0.25, 0.3) is 11.3 Å². The normalized spacial score (nSPS) is 21.6. The van der Waals surface area contributed by atoms with E-state index >= 15 is 0 Å². The van der Waals surface area contributed by atoms with Crippen LogP contribution >= 0.6 is 0 Å². The topological polar surface area (TPSA) is 64.2 Å². The molecule has 1 aliphatic heterocycles. The number of hydrogen-bond acceptors (Lipinski definition) is 4. The number of carbonyl (C=O) groups excluding carboxylic acids is 1. The third-order valence-electron chi connectivity index (χ3n) is 6.32. The van der Waals surface area contributed by atoms with Crippen molar-refractivity contribution >= 4 is 5.91 Å². The molecule has 0 aromatic carbocycles. The van der Waals surface area contributed by atoms with Gasteiger partial charge in [0.25, 0.3) is 0 Å². The van der Waals surface area contributed by atoms with Gasteiger partial charge in [0, 0.05) is 31.3 Å². The van der Waals surface area contributed by atoms with Crippen LogP contribution in [0.4, 0.5) is 0 Å². The van der Waals surface area contributed by atoms with Gasteiger partial charge in [-0.3, -0.25) is 9.48 Å². The summed E-state index contributed by atoms with van der Waals surface area (Å²) in [4.78, 5) is 15.4. The number of carbonyl (C=O) groups is 1. The molecule has 0 N–H and O–H groups in total. The van der Waals surface area contributed by atoms with Gasteiger partial charge in [-0.05, 0) is 46.0 Å². The van der Waals surface area contributed by atoms with Crippen molar-refractivity contribution in [1.29, 1.82) is 0 Å². The Morgan fingerprint density at radius 2 is 1.85 bits per heavy atom. The molecular formula is C21H30N4O2. The first-order valence-electron chi connectivity index (χ1n) is 10.3. The largest absolute Gasteiger partial charge is 0.356 e. The second-order valence-electron chi connectivity index (χ2n) is 8.20. The first-order valence-corrected chi connectivity index (χ1v) is 10.3. The van der Waals surface area contributed by atoms with E-state index in [0.717, 1.165) is 66.9 Å². The Balaban J connectivity index is 1.68. The molecule has 2 fully saturated rings. The fourth-order valence-electron chi connectivity index (χ4n) is 4.66. The zero-order valence-corrected chi connectivity index (χ0v) is 16.7. The first-order chi connectivity index (χ1) is 13.1. The molecule has 1 saturated carbocycles. The smallest absolute Gasteiger partial charge is 0.226 e. The molecule has 1 atom stereocenters. The fourth-order valence-corrected chi connectivity index (χ4v) is 4.66. The third-order valence-corrected chi connectivity index (χ3v) is 6.32. The van der Waals surface area contributed by atoms with Crippen LogP contribution < -0.4 is 0 Å². The number of amides is 1. The van der Waals surface area contributed by atoms with Gasteiger partial charge in [-0.15, -0.1) is 0 Å². The summed E-state index contributed by atoms with van der Waals surface area (Å²) in [5, 5.41) is 8.90. The van der Waals surface area contributed by atoms with Gasteiger partial charge in [0.15, 0.2) is 5.76 Å². The van der Waals surface area contributed by atoms with E-state index in [1.807, 2.05) is 31.8 Å². The molecule has 2 aliphatic rings. The molecule has 2 aromatic heterocycles. The molecule has 1 aliphatic carbocycles. The predicted octanol–water partition coefficient (Wildman–Crippen LogP) is 4.33. The average Bonchev–Trinajstić information content (AvgIpc) is 3.24. The van der Waals surface area contributed by atoms with Crippen LogP contribution in [0.2, 0.25) is 0 Å². The summed E-state index contributed by atoms with van der Waals surface area (Å²) in [6.07, 6.45) is 10.9. The zero-order valence-electron chi connectivity index (χ0n) is 16.7. The lowest BCUT2D eigenvalue weighted by atomic mass is 9.86. The molecule has 0 bridgehead atoms. The minimum atomic E-state index is 0.0363. The second kappa shape index (κ2) is 7.49. The SMILES string of the molecule is Cc1noc(-c2cn(C)nc2C2CCCCN2C(=O)C2CCCCC2)c1C. The minimum Gasteiger partial charge on any atom is -0.356 e. The number of hydrogen-bond donors (Lipinski definition) is 0. The van der Waals surface area contributed by atoms with Crippen LogP contribution in [0.5, 0.6) is 0 Å². The Hall–Kier alpha value is -2.11. The predicted molar refractivity (Wildman–Crippen MR) is 103 cm³/mol. The van der Waals surface area contributed by atoms with Crippen molar-refractivity contribution in [3.05, 3.63) is 23.1 Å². The fraction of sp³-hybridized carbons (Fsp3) is 0.667. The van der Waals surface area contributed by atoms with Crippen molar-refractivity contribution in [2.45, 2.75) is 71.3 Å². The summed E-state index contributed by atoms with van der Waals surface area (Å²) in [5.74, 6) is 1.31. The Kier molecular flexibility index (Phi) is 5.06. The first kappa shape index (κ1) is 18.3. The molecule has 3 heterocycles. The summed E-state index contributed by atoms with van der Waals surface area (Å²) in [6.45, 7) is 4.83. The van der Waals surface area contributed by atoms with Gasteiger partial charge in [-0.2, -0.15) is 5.10 Å². The quantitative estimate of drug-likeness (QED) is 0.807. The van der Waals surface area contributed by atoms with Crippen LogP contribution in [-0.4, -0.2) is 32.3 Å². The van der Waals surface area contributed by atoms with Crippen LogP contribution in [0.15, 0.2) is 10.7 Å². The standard InChI is InChI=1S/C21H30N4O2/c1-14-15(2)23-27-20(14)17-13-24(3)22-19(17)18-11-7-8-12-25(18)21(26)16-9-5-4-6-10-16/h13,16,18H,4-12H2,1-3H3. The third kappa shape index (κ3) is 3.42. The highest BCUT2D eigenvalue weighted by Crippen LogP contribution is 2.39. The number of aromatic nitrogens is 3. The number of aryl methyl sites for hydroxylation is 2. The molecule has 27 heavy (non-hydrogen) atoms. The molecule has 0 spiro atoms. The van der Waals surface area contributed by atoms with Crippen molar-refractivity contribution in [3.63, 3.8) is 0 Å². The summed E-state index contributed by atoms with van der Waals surface area (Å²) in [6, 6.07) is 0.0363. The van der Waals surface area contributed by atoms with Gasteiger partial charge in [0.2, 0.25) is 5.91 Å². The summed E-state index contributed by atoms with van der Waals surface area (Å²) in [7, 11) is 1.93. The molecule has 6 nitrogen and oxygen atoms in total. The summed E-state index contributed by atoms with van der Waals surface area (Å²) < 4.78 is 7.46. The molecule has 1 unspecified atom stereocenters. The second-order valence-corrected chi connectivity index (χ2v) is 8.20. The minimum absolute atomic E-state index is 0.0363. The highest BCUT2D eigenvalue weighted by Gasteiger charge is 2.36. The molecule has 1 amide bonds. The average molecular weight is 370 g/mol. The van der Waals surface area contributed by atoms with E-state index in [2.05, 4.69) is 10.1 Å². The number of piperidine rings is 1. The van der Waals surface area contributed by atoms with E-state index < -0.39 is 0 Å². The lowest BCUT2D eigenvalue weighted by Gasteiger charge is -2.38. The van der Waals surface area contributed by atoms with E-state index in [1.54, 1.807) is 0 Å². The maximum absolute atomic E-state index is 13.3. The van der Waals surface area contributed by atoms with Crippen molar-refractivity contribution in [2.75, 3.05) is 6.54 Å². The number of nitrogens with zero attached hydrogens (tertiary/aromatic N) is 4. The van der Waals surface area contributed by atoms with E-state index in [4.69, 9.17) is 9.62 Å². The van der Waals surface area contributed by atoms with E-state index in [-0.39, 0.29) is 12.0 Å². The maximum atomic E-state index is 13.3. The van der Waals surface area contributed by atoms with Gasteiger partial charge in [-0.1, -0.05) is 24.4 Å². The van der Waals surface area contributed by atoms with Gasteiger partial charge in [0.1, 0.15) is 0 Å². The molecule has 2 aromatic rings. The van der Waals surface area contributed by atoms with E-state index in [0.29, 0.717) is 5.91 Å². The number of rotatable bonds is 3. The molecule has 1 saturated heterocycles. The highest BCUT2D eigenvalue weighted by molar-refractivity contribution is 5.80. The Morgan fingerprint density at radius 1 is 1.11 bits per heavy atom. The van der Waals surface area contributed by atoms with Crippen LogP contribution in [0.1, 0.15) is 74.4 Å². The number of likely N-dealkylation sites (tertiary alicyclic amines) is 1. The molecular weight excluding hydrogens is 340 g/mol. The Labute approximate surface area is 160 Å². The van der Waals surface area contributed by atoms with Crippen molar-refractivity contribution in [2.24, 2.45) is 13.0 Å². The van der Waals surface area contributed by atoms with E-state index in [9.17, 15) is 4.79 Å². The molecule has 4 rings (SSSR count). The van der Waals surface area contributed by atoms with Crippen LogP contribution in [0.3, 0.4) is 0 Å². The van der Waals surface area contributed by atoms with E-state index in [1.165, 1.54) is 19.3 Å². The van der Waals surface area contributed by atoms with Crippen molar-refractivity contribution < 1.29 is 9.32 Å². The highest BCUT2D eigenvalue weighted by atomic mass is 16.5. The van der Waals surface area contributed by atoms with Gasteiger partial charge in [0.05, 0.1) is 23.0 Å². The zero-order chi connectivity index (χ0) is 19.0. The maximum Gasteiger partial charge on any atom is 0.226 e. The molecule has 146 valence electrons. The molecule has 6 heteroatoms. The summed E-state index contributed by atoms with van der Waals surface area (Å²) >= 11 is 0. The van der Waals surface area contributed by atoms with Gasteiger partial charge >= 0.3 is 0 Å². The molecule has 0 radical (unpaired) electrons. The Bertz CT molecular complexity index is 816. The lowest BCUT2D eigenvalue weighted by molar-refractivity contribution is -0.140. The lowest BCUT2D eigenvalue weighted by Crippen LogP contribution is -2.42. The summed E-state index contributed by atoms with van der Waals surface area (Å²) in [5.41, 5.74) is 3.88. The van der Waals surface area contributed by atoms with Crippen molar-refractivity contribution in [3.8, 4) is 11.3 Å². The van der Waals surface area contributed by atoms with Crippen LogP contribution in [0, 0.1) is 19.8 Å². The monoisotopic (exact) mass is 370 g/mol. The van der Waals surface area contributed by atoms with Crippen molar-refractivity contribution in [1.82, 2.24) is 19.8 Å². The van der Waals surface area contributed by atoms with Gasteiger partial charge in [-0.25, -0.2) is 0 Å². The van der Waals surface area contributed by atoms with Gasteiger partial charge < -0.3 is 9.42 Å². The Morgan fingerprint density at radius 3 is 2.56 bits per heavy atom. The van der Waals surface area contributed by atoms with Crippen LogP contribution in [-0.2, 0) is 11.8 Å².